The molecule has 0 saturated heterocycles. The van der Waals surface area contributed by atoms with Gasteiger partial charge in [-0.25, -0.2) is 0 Å². The van der Waals surface area contributed by atoms with E-state index in [-0.39, 0.29) is 12.6 Å². The van der Waals surface area contributed by atoms with E-state index in [0.29, 0.717) is 0 Å². The molecule has 0 saturated carbocycles. The van der Waals surface area contributed by atoms with Crippen LogP contribution in [0.4, 0.5) is 0 Å². The summed E-state index contributed by atoms with van der Waals surface area (Å²) in [4.78, 5) is 0. The third-order valence-electron chi connectivity index (χ3n) is 4.29. The summed E-state index contributed by atoms with van der Waals surface area (Å²) in [5.41, 5.74) is 0. The van der Waals surface area contributed by atoms with Crippen molar-refractivity contribution in [1.29, 1.82) is 0 Å². The average molecular weight is 314 g/mol. The Hall–Kier alpha value is -0.380. The highest BCUT2D eigenvalue weighted by atomic mass is 16.3. The maximum Gasteiger partial charge on any atom is 0.0896 e. The number of likely N-dealkylation sites (N-methyl/N-ethyl adjacent to an activating group) is 1. The lowest BCUT2D eigenvalue weighted by Crippen LogP contribution is -2.39. The molecular weight excluding hydrogens is 274 g/mol. The molecule has 0 bridgehead atoms. The molecule has 2 atom stereocenters. The van der Waals surface area contributed by atoms with Gasteiger partial charge in [-0.1, -0.05) is 83.3 Å². The van der Waals surface area contributed by atoms with Gasteiger partial charge in [0.25, 0.3) is 0 Å². The van der Waals surface area contributed by atoms with E-state index in [1.54, 1.807) is 13.1 Å². The second-order valence-electron chi connectivity index (χ2n) is 6.32. The number of hydrogen-bond acceptors (Lipinski definition) is 3. The van der Waals surface area contributed by atoms with Gasteiger partial charge in [0.05, 0.1) is 18.8 Å². The SMILES string of the molecule is CCCCCCCCCCCCC/C=C/[C@@H](O)[C@H](CO)NC. The number of allylic oxidation sites excluding steroid dienone is 1. The highest BCUT2D eigenvalue weighted by Gasteiger charge is 2.11. The standard InChI is InChI=1S/C19H39NO2/c1-3-4-5-6-7-8-9-10-11-12-13-14-15-16-19(22)18(17-21)20-2/h15-16,18-22H,3-14,17H2,1-2H3/b16-15+/t18-,19+/m0/s1. The van der Waals surface area contributed by atoms with Gasteiger partial charge in [0.1, 0.15) is 0 Å². The maximum atomic E-state index is 9.78. The van der Waals surface area contributed by atoms with Crippen molar-refractivity contribution in [3.8, 4) is 0 Å². The summed E-state index contributed by atoms with van der Waals surface area (Å²) < 4.78 is 0. The molecule has 132 valence electrons. The van der Waals surface area contributed by atoms with Gasteiger partial charge in [0, 0.05) is 0 Å². The number of unbranched alkanes of at least 4 members (excludes halogenated alkanes) is 11. The zero-order valence-electron chi connectivity index (χ0n) is 14.9. The molecule has 0 spiro atoms. The van der Waals surface area contributed by atoms with Crippen molar-refractivity contribution in [2.24, 2.45) is 0 Å². The fourth-order valence-corrected chi connectivity index (χ4v) is 2.67. The molecule has 3 heteroatoms. The van der Waals surface area contributed by atoms with Crippen LogP contribution in [0, 0.1) is 0 Å². The second kappa shape index (κ2) is 17.0. The minimum absolute atomic E-state index is 0.0412. The van der Waals surface area contributed by atoms with Crippen molar-refractivity contribution < 1.29 is 10.2 Å². The Morgan fingerprint density at radius 1 is 0.864 bits per heavy atom. The van der Waals surface area contributed by atoms with Gasteiger partial charge in [-0.2, -0.15) is 0 Å². The number of nitrogens with one attached hydrogen (secondary N) is 1. The fraction of sp³-hybridized carbons (Fsp3) is 0.895. The van der Waals surface area contributed by atoms with E-state index in [1.165, 1.54) is 70.6 Å². The quantitative estimate of drug-likeness (QED) is 0.296. The highest BCUT2D eigenvalue weighted by molar-refractivity contribution is 4.94. The van der Waals surface area contributed by atoms with Crippen LogP contribution in [0.1, 0.15) is 84.0 Å². The first kappa shape index (κ1) is 21.6. The normalized spacial score (nSPS) is 14.5. The Morgan fingerprint density at radius 2 is 1.36 bits per heavy atom. The van der Waals surface area contributed by atoms with Gasteiger partial charge in [0.15, 0.2) is 0 Å². The third kappa shape index (κ3) is 13.3. The summed E-state index contributed by atoms with van der Waals surface area (Å²) in [6.07, 6.45) is 19.2. The summed E-state index contributed by atoms with van der Waals surface area (Å²) in [6.45, 7) is 2.22. The Labute approximate surface area is 138 Å². The van der Waals surface area contributed by atoms with Crippen molar-refractivity contribution in [3.63, 3.8) is 0 Å². The monoisotopic (exact) mass is 313 g/mol. The lowest BCUT2D eigenvalue weighted by Gasteiger charge is -2.16. The van der Waals surface area contributed by atoms with Gasteiger partial charge < -0.3 is 15.5 Å². The molecule has 0 amide bonds. The Bertz CT molecular complexity index is 240. The van der Waals surface area contributed by atoms with Crippen LogP contribution in [0.3, 0.4) is 0 Å². The minimum atomic E-state index is -0.595. The summed E-state index contributed by atoms with van der Waals surface area (Å²) in [6, 6.07) is -0.256. The number of hydrogen-bond donors (Lipinski definition) is 3. The number of aliphatic hydroxyl groups is 2. The predicted molar refractivity (Wildman–Crippen MR) is 96.2 cm³/mol. The van der Waals surface area contributed by atoms with E-state index in [2.05, 4.69) is 12.2 Å². The van der Waals surface area contributed by atoms with Gasteiger partial charge in [-0.05, 0) is 19.9 Å². The van der Waals surface area contributed by atoms with Crippen LogP contribution >= 0.6 is 0 Å². The molecule has 0 unspecified atom stereocenters. The number of aliphatic hydroxyl groups excluding tert-OH is 2. The molecule has 0 rings (SSSR count). The first-order valence-corrected chi connectivity index (χ1v) is 9.39. The fourth-order valence-electron chi connectivity index (χ4n) is 2.67. The molecule has 0 aromatic rings. The zero-order chi connectivity index (χ0) is 16.5. The van der Waals surface area contributed by atoms with Crippen molar-refractivity contribution in [1.82, 2.24) is 5.32 Å². The molecular formula is C19H39NO2. The molecule has 0 aliphatic carbocycles. The van der Waals surface area contributed by atoms with Crippen molar-refractivity contribution in [2.75, 3.05) is 13.7 Å². The minimum Gasteiger partial charge on any atom is -0.395 e. The Kier molecular flexibility index (Phi) is 16.7. The van der Waals surface area contributed by atoms with Crippen molar-refractivity contribution in [2.45, 2.75) is 96.1 Å². The van der Waals surface area contributed by atoms with Crippen LogP contribution in [-0.2, 0) is 0 Å². The summed E-state index contributed by atoms with van der Waals surface area (Å²) in [5.74, 6) is 0. The van der Waals surface area contributed by atoms with E-state index in [9.17, 15) is 5.11 Å². The van der Waals surface area contributed by atoms with Gasteiger partial charge in [0.2, 0.25) is 0 Å². The van der Waals surface area contributed by atoms with Crippen LogP contribution < -0.4 is 5.32 Å². The highest BCUT2D eigenvalue weighted by Crippen LogP contribution is 2.12. The molecule has 0 radical (unpaired) electrons. The van der Waals surface area contributed by atoms with Gasteiger partial charge in [-0.3, -0.25) is 0 Å². The van der Waals surface area contributed by atoms with Crippen LogP contribution in [0.25, 0.3) is 0 Å². The first-order valence-electron chi connectivity index (χ1n) is 9.39. The van der Waals surface area contributed by atoms with Crippen molar-refractivity contribution in [3.05, 3.63) is 12.2 Å². The Morgan fingerprint density at radius 3 is 1.82 bits per heavy atom. The zero-order valence-corrected chi connectivity index (χ0v) is 14.9. The predicted octanol–water partition coefficient (Wildman–Crippen LogP) is 4.18. The largest absolute Gasteiger partial charge is 0.395 e. The first-order chi connectivity index (χ1) is 10.8. The molecule has 3 N–H and O–H groups in total. The maximum absolute atomic E-state index is 9.78. The lowest BCUT2D eigenvalue weighted by atomic mass is 10.0. The van der Waals surface area contributed by atoms with Crippen LogP contribution in [0.2, 0.25) is 0 Å². The second-order valence-corrected chi connectivity index (χ2v) is 6.32. The molecule has 0 aliphatic rings. The van der Waals surface area contributed by atoms with Crippen LogP contribution in [0.5, 0.6) is 0 Å². The Balaban J connectivity index is 3.29. The van der Waals surface area contributed by atoms with Crippen molar-refractivity contribution >= 4 is 0 Å². The summed E-state index contributed by atoms with van der Waals surface area (Å²) in [7, 11) is 1.75. The van der Waals surface area contributed by atoms with Crippen LogP contribution in [-0.4, -0.2) is 36.0 Å². The van der Waals surface area contributed by atoms with E-state index < -0.39 is 6.10 Å². The molecule has 0 aliphatic heterocycles. The average Bonchev–Trinajstić information content (AvgIpc) is 2.53. The topological polar surface area (TPSA) is 52.5 Å². The van der Waals surface area contributed by atoms with Gasteiger partial charge in [-0.15, -0.1) is 0 Å². The molecule has 0 fully saturated rings. The molecule has 22 heavy (non-hydrogen) atoms. The van der Waals surface area contributed by atoms with E-state index >= 15 is 0 Å². The molecule has 3 nitrogen and oxygen atoms in total. The lowest BCUT2D eigenvalue weighted by molar-refractivity contribution is 0.128. The smallest absolute Gasteiger partial charge is 0.0896 e. The third-order valence-corrected chi connectivity index (χ3v) is 4.29. The summed E-state index contributed by atoms with van der Waals surface area (Å²) in [5, 5.41) is 21.7. The molecule has 0 heterocycles. The van der Waals surface area contributed by atoms with Gasteiger partial charge >= 0.3 is 0 Å². The summed E-state index contributed by atoms with van der Waals surface area (Å²) >= 11 is 0. The van der Waals surface area contributed by atoms with E-state index in [1.807, 2.05) is 6.08 Å². The van der Waals surface area contributed by atoms with E-state index in [4.69, 9.17) is 5.11 Å². The van der Waals surface area contributed by atoms with E-state index in [0.717, 1.165) is 6.42 Å². The number of rotatable bonds is 16. The molecule has 0 aromatic carbocycles. The molecule has 0 aromatic heterocycles. The van der Waals surface area contributed by atoms with Crippen LogP contribution in [0.15, 0.2) is 12.2 Å².